The van der Waals surface area contributed by atoms with Crippen molar-refractivity contribution in [2.45, 2.75) is 19.8 Å². The molecule has 0 aromatic heterocycles. The van der Waals surface area contributed by atoms with E-state index in [4.69, 9.17) is 5.73 Å². The normalized spacial score (nSPS) is 27.8. The highest BCUT2D eigenvalue weighted by Gasteiger charge is 2.57. The van der Waals surface area contributed by atoms with Gasteiger partial charge in [-0.15, -0.1) is 0 Å². The highest BCUT2D eigenvalue weighted by molar-refractivity contribution is 9.10. The maximum absolute atomic E-state index is 12.9. The number of hydrogen-bond acceptors (Lipinski definition) is 1. The van der Waals surface area contributed by atoms with E-state index in [2.05, 4.69) is 29.8 Å². The first-order chi connectivity index (χ1) is 6.98. The molecule has 15 heavy (non-hydrogen) atoms. The van der Waals surface area contributed by atoms with Crippen LogP contribution in [0.1, 0.15) is 25.3 Å². The molecule has 82 valence electrons. The highest BCUT2D eigenvalue weighted by atomic mass is 79.9. The van der Waals surface area contributed by atoms with Gasteiger partial charge in [-0.25, -0.2) is 4.39 Å². The molecule has 1 nitrogen and oxygen atoms in total. The van der Waals surface area contributed by atoms with Gasteiger partial charge in [0, 0.05) is 4.47 Å². The third-order valence-electron chi connectivity index (χ3n) is 3.60. The van der Waals surface area contributed by atoms with Gasteiger partial charge in [0.2, 0.25) is 0 Å². The zero-order chi connectivity index (χ0) is 11.2. The topological polar surface area (TPSA) is 26.0 Å². The fraction of sp³-hybridized carbons (Fsp3) is 0.500. The molecule has 0 amide bonds. The number of nitrogens with two attached hydrogens (primary N) is 1. The molecular weight excluding hydrogens is 257 g/mol. The molecule has 1 aromatic carbocycles. The standard InChI is InChI=1S/C12H15BrFN/c1-12(2)9(6-15)11(12)8-4-3-7(14)5-10(8)13/h3-5,9,11H,6,15H2,1-2H3/t9-,11-/m0/s1. The maximum Gasteiger partial charge on any atom is 0.124 e. The minimum Gasteiger partial charge on any atom is -0.330 e. The van der Waals surface area contributed by atoms with Crippen LogP contribution >= 0.6 is 15.9 Å². The molecule has 2 rings (SSSR count). The monoisotopic (exact) mass is 271 g/mol. The Kier molecular flexibility index (Phi) is 2.63. The zero-order valence-corrected chi connectivity index (χ0v) is 10.5. The van der Waals surface area contributed by atoms with Gasteiger partial charge in [0.05, 0.1) is 0 Å². The molecule has 0 heterocycles. The summed E-state index contributed by atoms with van der Waals surface area (Å²) in [5.41, 5.74) is 7.15. The van der Waals surface area contributed by atoms with Crippen LogP contribution in [0.25, 0.3) is 0 Å². The van der Waals surface area contributed by atoms with Crippen molar-refractivity contribution in [3.05, 3.63) is 34.1 Å². The maximum atomic E-state index is 12.9. The fourth-order valence-electron chi connectivity index (χ4n) is 2.56. The van der Waals surface area contributed by atoms with Crippen molar-refractivity contribution in [3.63, 3.8) is 0 Å². The first-order valence-electron chi connectivity index (χ1n) is 5.13. The molecule has 0 saturated heterocycles. The Balaban J connectivity index is 2.33. The predicted octanol–water partition coefficient (Wildman–Crippen LogP) is 3.29. The van der Waals surface area contributed by atoms with Gasteiger partial charge in [0.25, 0.3) is 0 Å². The van der Waals surface area contributed by atoms with Crippen molar-refractivity contribution >= 4 is 15.9 Å². The quantitative estimate of drug-likeness (QED) is 0.878. The SMILES string of the molecule is CC1(C)[C@@H](CN)[C@@H]1c1ccc(F)cc1Br. The molecule has 1 aliphatic rings. The molecule has 3 heteroatoms. The summed E-state index contributed by atoms with van der Waals surface area (Å²) in [4.78, 5) is 0. The lowest BCUT2D eigenvalue weighted by atomic mass is 10.0. The molecular formula is C12H15BrFN. The lowest BCUT2D eigenvalue weighted by molar-refractivity contribution is 0.558. The number of halogens is 2. The summed E-state index contributed by atoms with van der Waals surface area (Å²) in [6.45, 7) is 5.12. The second-order valence-corrected chi connectivity index (χ2v) is 5.66. The fourth-order valence-corrected chi connectivity index (χ4v) is 3.15. The van der Waals surface area contributed by atoms with Crippen LogP contribution in [0.4, 0.5) is 4.39 Å². The van der Waals surface area contributed by atoms with E-state index < -0.39 is 0 Å². The second-order valence-electron chi connectivity index (χ2n) is 4.81. The number of benzene rings is 1. The molecule has 0 radical (unpaired) electrons. The van der Waals surface area contributed by atoms with Gasteiger partial charge in [-0.1, -0.05) is 35.8 Å². The van der Waals surface area contributed by atoms with Gasteiger partial charge in [-0.3, -0.25) is 0 Å². The summed E-state index contributed by atoms with van der Waals surface area (Å²) in [6.07, 6.45) is 0. The summed E-state index contributed by atoms with van der Waals surface area (Å²) in [7, 11) is 0. The van der Waals surface area contributed by atoms with Crippen LogP contribution in [0, 0.1) is 17.2 Å². The van der Waals surface area contributed by atoms with Crippen LogP contribution < -0.4 is 5.73 Å². The van der Waals surface area contributed by atoms with Gasteiger partial charge in [-0.2, -0.15) is 0 Å². The van der Waals surface area contributed by atoms with Crippen molar-refractivity contribution in [3.8, 4) is 0 Å². The van der Waals surface area contributed by atoms with Crippen LogP contribution in [0.5, 0.6) is 0 Å². The molecule has 0 bridgehead atoms. The van der Waals surface area contributed by atoms with E-state index in [1.165, 1.54) is 17.7 Å². The van der Waals surface area contributed by atoms with E-state index in [9.17, 15) is 4.39 Å². The predicted molar refractivity (Wildman–Crippen MR) is 63.2 cm³/mol. The molecule has 1 aliphatic carbocycles. The molecule has 0 aliphatic heterocycles. The third-order valence-corrected chi connectivity index (χ3v) is 4.29. The second kappa shape index (κ2) is 3.56. The molecule has 1 aromatic rings. The smallest absolute Gasteiger partial charge is 0.124 e. The summed E-state index contributed by atoms with van der Waals surface area (Å²) >= 11 is 3.42. The zero-order valence-electron chi connectivity index (χ0n) is 8.93. The van der Waals surface area contributed by atoms with Gasteiger partial charge in [0.15, 0.2) is 0 Å². The summed E-state index contributed by atoms with van der Waals surface area (Å²) in [6, 6.07) is 4.90. The Morgan fingerprint density at radius 3 is 2.60 bits per heavy atom. The molecule has 1 saturated carbocycles. The van der Waals surface area contributed by atoms with Crippen LogP contribution in [0.3, 0.4) is 0 Å². The van der Waals surface area contributed by atoms with Crippen LogP contribution in [-0.2, 0) is 0 Å². The Hall–Kier alpha value is -0.410. The molecule has 2 N–H and O–H groups in total. The van der Waals surface area contributed by atoms with Crippen LogP contribution in [0.2, 0.25) is 0 Å². The lowest BCUT2D eigenvalue weighted by Gasteiger charge is -2.05. The Morgan fingerprint density at radius 1 is 1.47 bits per heavy atom. The average molecular weight is 272 g/mol. The van der Waals surface area contributed by atoms with E-state index in [1.807, 2.05) is 6.07 Å². The van der Waals surface area contributed by atoms with Gasteiger partial charge in [-0.05, 0) is 41.5 Å². The van der Waals surface area contributed by atoms with Gasteiger partial charge < -0.3 is 5.73 Å². The van der Waals surface area contributed by atoms with E-state index in [1.54, 1.807) is 0 Å². The van der Waals surface area contributed by atoms with Gasteiger partial charge in [0.1, 0.15) is 5.82 Å². The van der Waals surface area contributed by atoms with E-state index in [0.29, 0.717) is 18.4 Å². The molecule has 2 atom stereocenters. The highest BCUT2D eigenvalue weighted by Crippen LogP contribution is 2.64. The summed E-state index contributed by atoms with van der Waals surface area (Å²) in [5, 5.41) is 0. The number of hydrogen-bond donors (Lipinski definition) is 1. The van der Waals surface area contributed by atoms with Crippen molar-refractivity contribution in [1.29, 1.82) is 0 Å². The molecule has 1 fully saturated rings. The molecule has 0 unspecified atom stereocenters. The summed E-state index contributed by atoms with van der Waals surface area (Å²) in [5.74, 6) is 0.769. The van der Waals surface area contributed by atoms with E-state index in [-0.39, 0.29) is 11.2 Å². The van der Waals surface area contributed by atoms with Crippen molar-refractivity contribution < 1.29 is 4.39 Å². The Morgan fingerprint density at radius 2 is 2.13 bits per heavy atom. The minimum atomic E-state index is -0.201. The van der Waals surface area contributed by atoms with Crippen LogP contribution in [0.15, 0.2) is 22.7 Å². The van der Waals surface area contributed by atoms with Crippen molar-refractivity contribution in [2.75, 3.05) is 6.54 Å². The Bertz CT molecular complexity index is 389. The van der Waals surface area contributed by atoms with E-state index in [0.717, 1.165) is 4.47 Å². The van der Waals surface area contributed by atoms with Gasteiger partial charge >= 0.3 is 0 Å². The third kappa shape index (κ3) is 1.72. The summed E-state index contributed by atoms with van der Waals surface area (Å²) < 4.78 is 13.8. The number of rotatable bonds is 2. The largest absolute Gasteiger partial charge is 0.330 e. The van der Waals surface area contributed by atoms with E-state index >= 15 is 0 Å². The molecule has 0 spiro atoms. The first-order valence-corrected chi connectivity index (χ1v) is 5.92. The van der Waals surface area contributed by atoms with Crippen molar-refractivity contribution in [1.82, 2.24) is 0 Å². The van der Waals surface area contributed by atoms with Crippen LogP contribution in [-0.4, -0.2) is 6.54 Å². The lowest BCUT2D eigenvalue weighted by Crippen LogP contribution is -2.05. The van der Waals surface area contributed by atoms with Crippen molar-refractivity contribution in [2.24, 2.45) is 17.1 Å². The Labute approximate surface area is 98.0 Å². The minimum absolute atomic E-state index is 0.201. The first kappa shape index (κ1) is 11.1. The average Bonchev–Trinajstić information content (AvgIpc) is 2.68.